The lowest BCUT2D eigenvalue weighted by Crippen LogP contribution is -1.98. The van der Waals surface area contributed by atoms with Crippen LogP contribution >= 0.6 is 11.3 Å². The first-order valence-electron chi connectivity index (χ1n) is 4.52. The summed E-state index contributed by atoms with van der Waals surface area (Å²) in [5, 5.41) is 6.89. The first-order chi connectivity index (χ1) is 7.28. The predicted molar refractivity (Wildman–Crippen MR) is 57.5 cm³/mol. The van der Waals surface area contributed by atoms with Gasteiger partial charge in [-0.05, 0) is 0 Å². The lowest BCUT2D eigenvalue weighted by molar-refractivity contribution is 0.301. The zero-order valence-corrected chi connectivity index (χ0v) is 9.20. The summed E-state index contributed by atoms with van der Waals surface area (Å²) in [6.07, 6.45) is 3.49. The van der Waals surface area contributed by atoms with Crippen LogP contribution in [0.15, 0.2) is 17.8 Å². The van der Waals surface area contributed by atoms with Crippen molar-refractivity contribution in [1.82, 2.24) is 14.8 Å². The molecular formula is C9H12N4OS. The molecule has 0 fully saturated rings. The minimum atomic E-state index is 0.461. The second-order valence-corrected chi connectivity index (χ2v) is 4.02. The van der Waals surface area contributed by atoms with E-state index in [4.69, 9.17) is 10.5 Å². The standard InChI is InChI=1S/C9H12N4OS/c1-13-4-8(3-11-13)14-5-7-6-15-9(2-10)12-7/h3-4,6H,2,5,10H2,1H3. The fourth-order valence-corrected chi connectivity index (χ4v) is 1.80. The molecule has 2 N–H and O–H groups in total. The second-order valence-electron chi connectivity index (χ2n) is 3.08. The molecule has 0 aliphatic carbocycles. The third-order valence-electron chi connectivity index (χ3n) is 1.84. The number of hydrogen-bond acceptors (Lipinski definition) is 5. The highest BCUT2D eigenvalue weighted by Gasteiger charge is 2.02. The van der Waals surface area contributed by atoms with Gasteiger partial charge < -0.3 is 10.5 Å². The Morgan fingerprint density at radius 3 is 3.07 bits per heavy atom. The van der Waals surface area contributed by atoms with E-state index in [0.29, 0.717) is 13.2 Å². The molecule has 15 heavy (non-hydrogen) atoms. The highest BCUT2D eigenvalue weighted by Crippen LogP contribution is 2.13. The Balaban J connectivity index is 1.93. The van der Waals surface area contributed by atoms with E-state index < -0.39 is 0 Å². The Bertz CT molecular complexity index is 437. The van der Waals surface area contributed by atoms with E-state index in [9.17, 15) is 0 Å². The monoisotopic (exact) mass is 224 g/mol. The summed E-state index contributed by atoms with van der Waals surface area (Å²) in [7, 11) is 1.85. The van der Waals surface area contributed by atoms with Crippen LogP contribution in [0, 0.1) is 0 Å². The Hall–Kier alpha value is -1.40. The van der Waals surface area contributed by atoms with Gasteiger partial charge in [-0.25, -0.2) is 4.98 Å². The van der Waals surface area contributed by atoms with Gasteiger partial charge in [0.05, 0.1) is 18.1 Å². The van der Waals surface area contributed by atoms with Gasteiger partial charge in [-0.2, -0.15) is 5.10 Å². The predicted octanol–water partition coefficient (Wildman–Crippen LogP) is 0.914. The molecule has 0 saturated carbocycles. The molecule has 2 aromatic rings. The number of ether oxygens (including phenoxy) is 1. The number of aromatic nitrogens is 3. The highest BCUT2D eigenvalue weighted by atomic mass is 32.1. The normalized spacial score (nSPS) is 10.5. The van der Waals surface area contributed by atoms with Crippen LogP contribution in [-0.4, -0.2) is 14.8 Å². The van der Waals surface area contributed by atoms with Gasteiger partial charge >= 0.3 is 0 Å². The van der Waals surface area contributed by atoms with Gasteiger partial charge in [0, 0.05) is 19.0 Å². The molecule has 0 bridgehead atoms. The Kier molecular flexibility index (Phi) is 2.98. The molecule has 6 heteroatoms. The van der Waals surface area contributed by atoms with E-state index >= 15 is 0 Å². The summed E-state index contributed by atoms with van der Waals surface area (Å²) in [5.74, 6) is 0.750. The zero-order valence-electron chi connectivity index (χ0n) is 8.38. The minimum Gasteiger partial charge on any atom is -0.484 e. The van der Waals surface area contributed by atoms with Crippen molar-refractivity contribution >= 4 is 11.3 Å². The molecule has 80 valence electrons. The fraction of sp³-hybridized carbons (Fsp3) is 0.333. The van der Waals surface area contributed by atoms with Gasteiger partial charge in [0.2, 0.25) is 0 Å². The van der Waals surface area contributed by atoms with Crippen molar-refractivity contribution in [2.24, 2.45) is 12.8 Å². The summed E-state index contributed by atoms with van der Waals surface area (Å²) in [6.45, 7) is 0.944. The van der Waals surface area contributed by atoms with Crippen molar-refractivity contribution in [3.05, 3.63) is 28.5 Å². The third-order valence-corrected chi connectivity index (χ3v) is 2.76. The van der Waals surface area contributed by atoms with Gasteiger partial charge in [-0.15, -0.1) is 11.3 Å². The molecular weight excluding hydrogens is 212 g/mol. The van der Waals surface area contributed by atoms with Crippen molar-refractivity contribution in [2.45, 2.75) is 13.2 Å². The van der Waals surface area contributed by atoms with Gasteiger partial charge in [0.25, 0.3) is 0 Å². The third kappa shape index (κ3) is 2.54. The number of aryl methyl sites for hydroxylation is 1. The van der Waals surface area contributed by atoms with Crippen molar-refractivity contribution in [3.63, 3.8) is 0 Å². The summed E-state index contributed by atoms with van der Waals surface area (Å²) >= 11 is 1.55. The molecule has 2 rings (SSSR count). The smallest absolute Gasteiger partial charge is 0.157 e. The molecule has 0 saturated heterocycles. The van der Waals surface area contributed by atoms with Crippen LogP contribution in [0.25, 0.3) is 0 Å². The van der Waals surface area contributed by atoms with Gasteiger partial charge in [0.15, 0.2) is 5.75 Å². The molecule has 2 aromatic heterocycles. The number of thiazole rings is 1. The first-order valence-corrected chi connectivity index (χ1v) is 5.40. The van der Waals surface area contributed by atoms with Gasteiger partial charge in [0.1, 0.15) is 11.6 Å². The summed E-state index contributed by atoms with van der Waals surface area (Å²) in [6, 6.07) is 0. The van der Waals surface area contributed by atoms with E-state index in [1.807, 2.05) is 18.6 Å². The van der Waals surface area contributed by atoms with Gasteiger partial charge in [-0.1, -0.05) is 0 Å². The Morgan fingerprint density at radius 2 is 2.47 bits per heavy atom. The van der Waals surface area contributed by atoms with Crippen LogP contribution in [0.4, 0.5) is 0 Å². The molecule has 2 heterocycles. The van der Waals surface area contributed by atoms with Crippen molar-refractivity contribution < 1.29 is 4.74 Å². The van der Waals surface area contributed by atoms with Crippen LogP contribution in [0.5, 0.6) is 5.75 Å². The molecule has 0 aliphatic heterocycles. The average molecular weight is 224 g/mol. The largest absolute Gasteiger partial charge is 0.484 e. The van der Waals surface area contributed by atoms with E-state index in [0.717, 1.165) is 16.5 Å². The topological polar surface area (TPSA) is 66.0 Å². The SMILES string of the molecule is Cn1cc(OCc2csc(CN)n2)cn1. The molecule has 0 spiro atoms. The number of nitrogens with two attached hydrogens (primary N) is 1. The Morgan fingerprint density at radius 1 is 1.60 bits per heavy atom. The van der Waals surface area contributed by atoms with Crippen LogP contribution in [0.2, 0.25) is 0 Å². The quantitative estimate of drug-likeness (QED) is 0.838. The molecule has 5 nitrogen and oxygen atoms in total. The van der Waals surface area contributed by atoms with Crippen LogP contribution in [0.1, 0.15) is 10.7 Å². The van der Waals surface area contributed by atoms with E-state index in [1.165, 1.54) is 0 Å². The maximum absolute atomic E-state index is 5.49. The number of rotatable bonds is 4. The molecule has 0 aromatic carbocycles. The highest BCUT2D eigenvalue weighted by molar-refractivity contribution is 7.09. The zero-order chi connectivity index (χ0) is 10.7. The lowest BCUT2D eigenvalue weighted by atomic mass is 10.5. The second kappa shape index (κ2) is 4.41. The van der Waals surface area contributed by atoms with Gasteiger partial charge in [-0.3, -0.25) is 4.68 Å². The maximum Gasteiger partial charge on any atom is 0.157 e. The molecule has 0 unspecified atom stereocenters. The van der Waals surface area contributed by atoms with E-state index in [-0.39, 0.29) is 0 Å². The van der Waals surface area contributed by atoms with Crippen LogP contribution in [0.3, 0.4) is 0 Å². The minimum absolute atomic E-state index is 0.461. The van der Waals surface area contributed by atoms with E-state index in [1.54, 1.807) is 22.2 Å². The molecule has 0 amide bonds. The number of hydrogen-bond donors (Lipinski definition) is 1. The fourth-order valence-electron chi connectivity index (χ4n) is 1.14. The summed E-state index contributed by atoms with van der Waals surface area (Å²) in [5.41, 5.74) is 6.37. The average Bonchev–Trinajstić information content (AvgIpc) is 2.83. The molecule has 0 aliphatic rings. The summed E-state index contributed by atoms with van der Waals surface area (Å²) < 4.78 is 7.19. The van der Waals surface area contributed by atoms with Crippen LogP contribution in [-0.2, 0) is 20.2 Å². The maximum atomic E-state index is 5.49. The molecule has 0 atom stereocenters. The molecule has 0 radical (unpaired) electrons. The number of nitrogens with zero attached hydrogens (tertiary/aromatic N) is 3. The Labute approximate surface area is 91.5 Å². The van der Waals surface area contributed by atoms with Crippen molar-refractivity contribution in [2.75, 3.05) is 0 Å². The van der Waals surface area contributed by atoms with Crippen molar-refractivity contribution in [3.8, 4) is 5.75 Å². The van der Waals surface area contributed by atoms with Crippen molar-refractivity contribution in [1.29, 1.82) is 0 Å². The van der Waals surface area contributed by atoms with E-state index in [2.05, 4.69) is 10.1 Å². The summed E-state index contributed by atoms with van der Waals surface area (Å²) in [4.78, 5) is 4.29. The lowest BCUT2D eigenvalue weighted by Gasteiger charge is -1.98. The van der Waals surface area contributed by atoms with Crippen LogP contribution < -0.4 is 10.5 Å². The first kappa shape index (κ1) is 10.1.